The molecule has 6 nitrogen and oxygen atoms in total. The average molecular weight is 639 g/mol. The van der Waals surface area contributed by atoms with Gasteiger partial charge in [0.2, 0.25) is 5.91 Å². The molecule has 2 aromatic carbocycles. The number of ketones is 1. The van der Waals surface area contributed by atoms with E-state index in [1.807, 2.05) is 18.0 Å². The molecule has 0 bridgehead atoms. The molecule has 4 atom stereocenters. The molecule has 2 fully saturated rings. The predicted octanol–water partition coefficient (Wildman–Crippen LogP) is 7.50. The molecule has 0 aliphatic heterocycles. The maximum absolute atomic E-state index is 15.0. The van der Waals surface area contributed by atoms with E-state index in [9.17, 15) is 9.59 Å². The van der Waals surface area contributed by atoms with Crippen molar-refractivity contribution < 1.29 is 27.8 Å². The molecule has 0 radical (unpaired) electrons. The summed E-state index contributed by atoms with van der Waals surface area (Å²) in [6.45, 7) is 3.70. The van der Waals surface area contributed by atoms with Crippen LogP contribution < -0.4 is 10.1 Å². The van der Waals surface area contributed by atoms with Gasteiger partial charge < -0.3 is 19.7 Å². The number of amides is 1. The second kappa shape index (κ2) is 16.8. The fourth-order valence-electron chi connectivity index (χ4n) is 8.19. The van der Waals surface area contributed by atoms with Crippen molar-refractivity contribution in [3.63, 3.8) is 0 Å². The standard InChI is InChI=1S/C38H52F2N2O4/c1-26(43)16-19-45-20-17-41-38(44)9-4-3-5-18-42(2)24-35-36(39)21-27(22-37(35)40)25-46-30-12-15-32-29(23-30)11-14-33-31-8-6-7-28(31)10-13-34(32)33/h12,15,21-23,28,31,33-34H,3-11,13-14,16-20,24-25H2,1-2H3,(H,41,44). The van der Waals surface area contributed by atoms with Crippen molar-refractivity contribution in [2.24, 2.45) is 17.8 Å². The third-order valence-corrected chi connectivity index (χ3v) is 10.5. The minimum atomic E-state index is -0.550. The fraction of sp³-hybridized carbons (Fsp3) is 0.632. The summed E-state index contributed by atoms with van der Waals surface area (Å²) in [7, 11) is 1.85. The normalized spacial score (nSPS) is 21.8. The second-order valence-corrected chi connectivity index (χ2v) is 13.9. The van der Waals surface area contributed by atoms with Gasteiger partial charge in [-0.15, -0.1) is 0 Å². The van der Waals surface area contributed by atoms with Crippen molar-refractivity contribution in [2.75, 3.05) is 33.4 Å². The number of hydrogen-bond donors (Lipinski definition) is 1. The molecule has 0 aromatic heterocycles. The van der Waals surface area contributed by atoms with Gasteiger partial charge in [0, 0.05) is 31.5 Å². The first-order valence-corrected chi connectivity index (χ1v) is 17.5. The van der Waals surface area contributed by atoms with Crippen LogP contribution in [0.25, 0.3) is 0 Å². The van der Waals surface area contributed by atoms with Crippen molar-refractivity contribution in [1.82, 2.24) is 10.2 Å². The van der Waals surface area contributed by atoms with E-state index in [4.69, 9.17) is 9.47 Å². The monoisotopic (exact) mass is 638 g/mol. The Labute approximate surface area is 273 Å². The van der Waals surface area contributed by atoms with Crippen LogP contribution in [-0.4, -0.2) is 49.9 Å². The molecule has 0 saturated heterocycles. The van der Waals surface area contributed by atoms with E-state index in [1.54, 1.807) is 0 Å². The summed E-state index contributed by atoms with van der Waals surface area (Å²) in [5, 5.41) is 2.81. The molecule has 3 aliphatic carbocycles. The molecule has 0 spiro atoms. The summed E-state index contributed by atoms with van der Waals surface area (Å²) < 4.78 is 41.4. The number of nitrogens with one attached hydrogen (secondary N) is 1. The van der Waals surface area contributed by atoms with Gasteiger partial charge >= 0.3 is 0 Å². The van der Waals surface area contributed by atoms with Gasteiger partial charge in [0.1, 0.15) is 29.8 Å². The Hall–Kier alpha value is -2.84. The number of rotatable bonds is 17. The number of halogens is 2. The summed E-state index contributed by atoms with van der Waals surface area (Å²) in [6, 6.07) is 9.23. The molecular weight excluding hydrogens is 586 g/mol. The van der Waals surface area contributed by atoms with Gasteiger partial charge in [-0.05, 0) is 130 Å². The van der Waals surface area contributed by atoms with Gasteiger partial charge in [-0.1, -0.05) is 25.3 Å². The van der Waals surface area contributed by atoms with Crippen LogP contribution in [0.4, 0.5) is 8.78 Å². The number of carbonyl (C=O) groups excluding carboxylic acids is 2. The maximum atomic E-state index is 15.0. The lowest BCUT2D eigenvalue weighted by Crippen LogP contribution is -2.34. The SMILES string of the molecule is CC(=O)CCOCCNC(=O)CCCCCN(C)Cc1c(F)cc(COc2ccc3c(c2)CCC2C3CCC3CCCC32)cc1F. The van der Waals surface area contributed by atoms with Crippen LogP contribution in [0, 0.1) is 29.4 Å². The summed E-state index contributed by atoms with van der Waals surface area (Å²) >= 11 is 0. The molecule has 46 heavy (non-hydrogen) atoms. The Balaban J connectivity index is 1.01. The Kier molecular flexibility index (Phi) is 12.6. The highest BCUT2D eigenvalue weighted by Crippen LogP contribution is 2.55. The van der Waals surface area contributed by atoms with Crippen molar-refractivity contribution in [1.29, 1.82) is 0 Å². The van der Waals surface area contributed by atoms with E-state index in [0.29, 0.717) is 50.6 Å². The molecule has 3 aliphatic rings. The zero-order valence-electron chi connectivity index (χ0n) is 27.8. The minimum absolute atomic E-state index is 0.0252. The zero-order chi connectivity index (χ0) is 32.5. The van der Waals surface area contributed by atoms with Gasteiger partial charge in [0.05, 0.1) is 13.2 Å². The highest BCUT2D eigenvalue weighted by Gasteiger charge is 2.43. The Bertz CT molecular complexity index is 1310. The highest BCUT2D eigenvalue weighted by atomic mass is 19.1. The van der Waals surface area contributed by atoms with Crippen LogP contribution in [0.5, 0.6) is 5.75 Å². The molecule has 2 aromatic rings. The number of benzene rings is 2. The molecule has 0 heterocycles. The fourth-order valence-corrected chi connectivity index (χ4v) is 8.19. The van der Waals surface area contributed by atoms with E-state index in [0.717, 1.165) is 49.2 Å². The number of Topliss-reactive ketones (excluding diaryl/α,β-unsaturated/α-hetero) is 1. The molecule has 5 rings (SSSR count). The Morgan fingerprint density at radius 2 is 1.76 bits per heavy atom. The van der Waals surface area contributed by atoms with E-state index >= 15 is 8.78 Å². The van der Waals surface area contributed by atoms with Crippen molar-refractivity contribution in [2.45, 2.75) is 103 Å². The maximum Gasteiger partial charge on any atom is 0.220 e. The number of aryl methyl sites for hydroxylation is 1. The number of fused-ring (bicyclic) bond motifs is 5. The van der Waals surface area contributed by atoms with Crippen LogP contribution in [0.15, 0.2) is 30.3 Å². The summed E-state index contributed by atoms with van der Waals surface area (Å²) in [4.78, 5) is 24.8. The third kappa shape index (κ3) is 9.37. The first-order valence-electron chi connectivity index (χ1n) is 17.5. The second-order valence-electron chi connectivity index (χ2n) is 13.9. The highest BCUT2D eigenvalue weighted by molar-refractivity contribution is 5.76. The number of carbonyl (C=O) groups is 2. The quantitative estimate of drug-likeness (QED) is 0.182. The number of nitrogens with zero attached hydrogens (tertiary/aromatic N) is 1. The lowest BCUT2D eigenvalue weighted by molar-refractivity contribution is -0.122. The van der Waals surface area contributed by atoms with Crippen LogP contribution in [0.1, 0.15) is 106 Å². The van der Waals surface area contributed by atoms with Gasteiger partial charge in [0.25, 0.3) is 0 Å². The van der Waals surface area contributed by atoms with Crippen LogP contribution >= 0.6 is 0 Å². The molecule has 8 heteroatoms. The number of unbranched alkanes of at least 4 members (excludes halogenated alkanes) is 2. The zero-order valence-corrected chi connectivity index (χ0v) is 27.8. The first kappa shape index (κ1) is 34.5. The molecule has 4 unspecified atom stereocenters. The molecular formula is C38H52F2N2O4. The van der Waals surface area contributed by atoms with Gasteiger partial charge in [-0.2, -0.15) is 0 Å². The van der Waals surface area contributed by atoms with Gasteiger partial charge in [-0.25, -0.2) is 8.78 Å². The summed E-state index contributed by atoms with van der Waals surface area (Å²) in [5.41, 5.74) is 3.44. The largest absolute Gasteiger partial charge is 0.489 e. The summed E-state index contributed by atoms with van der Waals surface area (Å²) in [5.74, 6) is 3.12. The van der Waals surface area contributed by atoms with Crippen LogP contribution in [-0.2, 0) is 33.9 Å². The van der Waals surface area contributed by atoms with Gasteiger partial charge in [-0.3, -0.25) is 9.59 Å². The Morgan fingerprint density at radius 3 is 2.57 bits per heavy atom. The molecule has 1 N–H and O–H groups in total. The topological polar surface area (TPSA) is 67.9 Å². The van der Waals surface area contributed by atoms with Gasteiger partial charge in [0.15, 0.2) is 0 Å². The van der Waals surface area contributed by atoms with Crippen molar-refractivity contribution >= 4 is 11.7 Å². The summed E-state index contributed by atoms with van der Waals surface area (Å²) in [6.07, 6.45) is 12.5. The van der Waals surface area contributed by atoms with E-state index in [1.165, 1.54) is 68.7 Å². The van der Waals surface area contributed by atoms with E-state index in [2.05, 4.69) is 17.4 Å². The lowest BCUT2D eigenvalue weighted by Gasteiger charge is -2.44. The first-order chi connectivity index (χ1) is 22.3. The average Bonchev–Trinajstić information content (AvgIpc) is 3.52. The number of hydrogen-bond acceptors (Lipinski definition) is 5. The van der Waals surface area contributed by atoms with Crippen LogP contribution in [0.2, 0.25) is 0 Å². The Morgan fingerprint density at radius 1 is 0.935 bits per heavy atom. The smallest absolute Gasteiger partial charge is 0.220 e. The van der Waals surface area contributed by atoms with E-state index < -0.39 is 11.6 Å². The number of ether oxygens (including phenoxy) is 2. The molecule has 1 amide bonds. The van der Waals surface area contributed by atoms with E-state index in [-0.39, 0.29) is 30.4 Å². The van der Waals surface area contributed by atoms with Crippen molar-refractivity contribution in [3.05, 3.63) is 64.2 Å². The third-order valence-electron chi connectivity index (χ3n) is 10.5. The minimum Gasteiger partial charge on any atom is -0.489 e. The lowest BCUT2D eigenvalue weighted by atomic mass is 9.61. The van der Waals surface area contributed by atoms with Crippen molar-refractivity contribution in [3.8, 4) is 5.75 Å². The molecule has 2 saturated carbocycles. The van der Waals surface area contributed by atoms with Crippen LogP contribution in [0.3, 0.4) is 0 Å². The predicted molar refractivity (Wildman–Crippen MR) is 176 cm³/mol. The molecule has 252 valence electrons.